The van der Waals surface area contributed by atoms with Crippen LogP contribution in [0.25, 0.3) is 0 Å². The van der Waals surface area contributed by atoms with Crippen LogP contribution in [0.3, 0.4) is 0 Å². The van der Waals surface area contributed by atoms with E-state index >= 15 is 0 Å². The zero-order valence-corrected chi connectivity index (χ0v) is 11.6. The van der Waals surface area contributed by atoms with Gasteiger partial charge in [0.15, 0.2) is 0 Å². The highest BCUT2D eigenvalue weighted by Gasteiger charge is 2.23. The first-order chi connectivity index (χ1) is 8.54. The van der Waals surface area contributed by atoms with Crippen LogP contribution in [0.4, 0.5) is 11.4 Å². The SMILES string of the molecule is CC(C)C1=Nc2cc3c(cc2C1)N=C(C(C)C)C3. The van der Waals surface area contributed by atoms with Crippen LogP contribution in [-0.2, 0) is 12.8 Å². The van der Waals surface area contributed by atoms with Gasteiger partial charge in [-0.2, -0.15) is 0 Å². The number of benzene rings is 1. The molecule has 0 amide bonds. The zero-order chi connectivity index (χ0) is 12.9. The molecule has 0 spiro atoms. The Hall–Kier alpha value is -1.44. The Kier molecular flexibility index (Phi) is 2.61. The van der Waals surface area contributed by atoms with Gasteiger partial charge in [0.1, 0.15) is 0 Å². The first-order valence-corrected chi connectivity index (χ1v) is 6.85. The second-order valence-electron chi connectivity index (χ2n) is 5.98. The molecule has 0 saturated heterocycles. The monoisotopic (exact) mass is 240 g/mol. The van der Waals surface area contributed by atoms with E-state index in [9.17, 15) is 0 Å². The number of nitrogens with zero attached hydrogens (tertiary/aromatic N) is 2. The lowest BCUT2D eigenvalue weighted by molar-refractivity contribution is 0.870. The highest BCUT2D eigenvalue weighted by molar-refractivity contribution is 5.99. The van der Waals surface area contributed by atoms with E-state index in [2.05, 4.69) is 39.8 Å². The molecular formula is C16H20N2. The van der Waals surface area contributed by atoms with Crippen molar-refractivity contribution in [3.8, 4) is 0 Å². The van der Waals surface area contributed by atoms with Gasteiger partial charge in [-0.3, -0.25) is 9.98 Å². The average Bonchev–Trinajstić information content (AvgIpc) is 2.87. The molecule has 2 heteroatoms. The van der Waals surface area contributed by atoms with Crippen molar-refractivity contribution >= 4 is 22.8 Å². The fourth-order valence-corrected chi connectivity index (χ4v) is 2.60. The van der Waals surface area contributed by atoms with Crippen LogP contribution in [0.5, 0.6) is 0 Å². The van der Waals surface area contributed by atoms with Crippen molar-refractivity contribution in [3.05, 3.63) is 23.3 Å². The Morgan fingerprint density at radius 3 is 1.50 bits per heavy atom. The maximum atomic E-state index is 4.76. The summed E-state index contributed by atoms with van der Waals surface area (Å²) in [5.41, 5.74) is 7.68. The van der Waals surface area contributed by atoms with E-state index in [0.717, 1.165) is 12.8 Å². The molecule has 1 aromatic rings. The van der Waals surface area contributed by atoms with Crippen LogP contribution in [0.15, 0.2) is 22.1 Å². The first kappa shape index (κ1) is 11.6. The molecule has 0 N–H and O–H groups in total. The van der Waals surface area contributed by atoms with E-state index < -0.39 is 0 Å². The molecule has 0 unspecified atom stereocenters. The van der Waals surface area contributed by atoms with E-state index in [1.54, 1.807) is 0 Å². The largest absolute Gasteiger partial charge is 0.257 e. The Morgan fingerprint density at radius 1 is 0.778 bits per heavy atom. The topological polar surface area (TPSA) is 24.7 Å². The normalized spacial score (nSPS) is 17.0. The third-order valence-electron chi connectivity index (χ3n) is 3.88. The maximum Gasteiger partial charge on any atom is 0.0669 e. The van der Waals surface area contributed by atoms with Crippen molar-refractivity contribution in [1.29, 1.82) is 0 Å². The predicted molar refractivity (Wildman–Crippen MR) is 77.7 cm³/mol. The summed E-state index contributed by atoms with van der Waals surface area (Å²) >= 11 is 0. The summed E-state index contributed by atoms with van der Waals surface area (Å²) in [5, 5.41) is 0. The molecule has 1 aromatic carbocycles. The van der Waals surface area contributed by atoms with Crippen LogP contribution in [0, 0.1) is 11.8 Å². The number of fused-ring (bicyclic) bond motifs is 2. The van der Waals surface area contributed by atoms with Crippen molar-refractivity contribution < 1.29 is 0 Å². The number of hydrogen-bond donors (Lipinski definition) is 0. The van der Waals surface area contributed by atoms with Gasteiger partial charge in [-0.05, 0) is 35.1 Å². The Labute approximate surface area is 109 Å². The molecule has 2 heterocycles. The van der Waals surface area contributed by atoms with Gasteiger partial charge in [-0.25, -0.2) is 0 Å². The van der Waals surface area contributed by atoms with E-state index in [0.29, 0.717) is 11.8 Å². The zero-order valence-electron chi connectivity index (χ0n) is 11.6. The van der Waals surface area contributed by atoms with Crippen LogP contribution < -0.4 is 0 Å². The summed E-state index contributed by atoms with van der Waals surface area (Å²) < 4.78 is 0. The molecule has 18 heavy (non-hydrogen) atoms. The van der Waals surface area contributed by atoms with Crippen LogP contribution >= 0.6 is 0 Å². The third-order valence-corrected chi connectivity index (χ3v) is 3.88. The minimum atomic E-state index is 0.543. The van der Waals surface area contributed by atoms with Gasteiger partial charge in [-0.1, -0.05) is 27.7 Å². The molecule has 94 valence electrons. The minimum absolute atomic E-state index is 0.543. The number of hydrogen-bond acceptors (Lipinski definition) is 2. The standard InChI is InChI=1S/C16H20N2/c1-9(2)13-5-11-7-16-12(8-15(11)17-13)6-14(18-16)10(3)4/h7-10H,5-6H2,1-4H3. The second kappa shape index (κ2) is 4.04. The van der Waals surface area contributed by atoms with Gasteiger partial charge in [-0.15, -0.1) is 0 Å². The Balaban J connectivity index is 1.95. The van der Waals surface area contributed by atoms with Crippen LogP contribution in [-0.4, -0.2) is 11.4 Å². The summed E-state index contributed by atoms with van der Waals surface area (Å²) in [6.45, 7) is 8.86. The Morgan fingerprint density at radius 2 is 1.17 bits per heavy atom. The van der Waals surface area contributed by atoms with Crippen molar-refractivity contribution in [3.63, 3.8) is 0 Å². The molecule has 3 rings (SSSR count). The quantitative estimate of drug-likeness (QED) is 0.738. The summed E-state index contributed by atoms with van der Waals surface area (Å²) in [7, 11) is 0. The van der Waals surface area contributed by atoms with Crippen LogP contribution in [0.2, 0.25) is 0 Å². The highest BCUT2D eigenvalue weighted by Crippen LogP contribution is 2.38. The lowest BCUT2D eigenvalue weighted by atomic mass is 9.99. The summed E-state index contributed by atoms with van der Waals surface area (Å²) in [4.78, 5) is 9.53. The first-order valence-electron chi connectivity index (χ1n) is 6.85. The van der Waals surface area contributed by atoms with E-state index in [1.165, 1.54) is 33.9 Å². The molecule has 0 aliphatic carbocycles. The Bertz CT molecular complexity index is 511. The van der Waals surface area contributed by atoms with Gasteiger partial charge in [0.05, 0.1) is 11.4 Å². The van der Waals surface area contributed by atoms with Gasteiger partial charge in [0, 0.05) is 24.3 Å². The van der Waals surface area contributed by atoms with Gasteiger partial charge in [0.25, 0.3) is 0 Å². The summed E-state index contributed by atoms with van der Waals surface area (Å²) in [5.74, 6) is 1.09. The fourth-order valence-electron chi connectivity index (χ4n) is 2.60. The van der Waals surface area contributed by atoms with Crippen molar-refractivity contribution in [2.24, 2.45) is 21.8 Å². The molecule has 0 saturated carbocycles. The van der Waals surface area contributed by atoms with Gasteiger partial charge < -0.3 is 0 Å². The summed E-state index contributed by atoms with van der Waals surface area (Å²) in [6.07, 6.45) is 2.01. The molecule has 0 fully saturated rings. The molecule has 0 atom stereocenters. The van der Waals surface area contributed by atoms with E-state index in [-0.39, 0.29) is 0 Å². The maximum absolute atomic E-state index is 4.76. The third kappa shape index (κ3) is 1.80. The molecule has 2 nitrogen and oxygen atoms in total. The van der Waals surface area contributed by atoms with Crippen molar-refractivity contribution in [1.82, 2.24) is 0 Å². The van der Waals surface area contributed by atoms with Gasteiger partial charge >= 0.3 is 0 Å². The van der Waals surface area contributed by atoms with E-state index in [4.69, 9.17) is 9.98 Å². The number of aliphatic imine (C=N–C) groups is 2. The van der Waals surface area contributed by atoms with Crippen molar-refractivity contribution in [2.75, 3.05) is 0 Å². The molecule has 0 aromatic heterocycles. The molecular weight excluding hydrogens is 220 g/mol. The molecule has 2 aliphatic rings. The smallest absolute Gasteiger partial charge is 0.0669 e. The number of rotatable bonds is 2. The molecule has 0 radical (unpaired) electrons. The lowest BCUT2D eigenvalue weighted by Gasteiger charge is -2.02. The van der Waals surface area contributed by atoms with Crippen molar-refractivity contribution in [2.45, 2.75) is 40.5 Å². The molecule has 0 bridgehead atoms. The highest BCUT2D eigenvalue weighted by atomic mass is 14.8. The minimum Gasteiger partial charge on any atom is -0.257 e. The second-order valence-corrected chi connectivity index (χ2v) is 5.98. The van der Waals surface area contributed by atoms with E-state index in [1.807, 2.05) is 0 Å². The van der Waals surface area contributed by atoms with Crippen LogP contribution in [0.1, 0.15) is 38.8 Å². The average molecular weight is 240 g/mol. The fraction of sp³-hybridized carbons (Fsp3) is 0.500. The predicted octanol–water partition coefficient (Wildman–Crippen LogP) is 4.26. The molecule has 2 aliphatic heterocycles. The van der Waals surface area contributed by atoms with Gasteiger partial charge in [0.2, 0.25) is 0 Å². The summed E-state index contributed by atoms with van der Waals surface area (Å²) in [6, 6.07) is 4.50. The lowest BCUT2D eigenvalue weighted by Crippen LogP contribution is -2.06.